The van der Waals surface area contributed by atoms with Crippen molar-refractivity contribution >= 4 is 15.9 Å². The van der Waals surface area contributed by atoms with Gasteiger partial charge in [-0.3, -0.25) is 0 Å². The van der Waals surface area contributed by atoms with Crippen molar-refractivity contribution in [2.45, 2.75) is 26.4 Å². The Kier molecular flexibility index (Phi) is 4.89. The van der Waals surface area contributed by atoms with E-state index in [4.69, 9.17) is 10.5 Å². The second-order valence-electron chi connectivity index (χ2n) is 5.34. The van der Waals surface area contributed by atoms with Crippen LogP contribution in [0, 0.1) is 5.92 Å². The minimum Gasteiger partial charge on any atom is -0.497 e. The zero-order valence-electron chi connectivity index (χ0n) is 12.1. The monoisotopic (exact) mass is 336 g/mol. The lowest BCUT2D eigenvalue weighted by molar-refractivity contribution is 0.414. The Morgan fingerprint density at radius 2 is 2.05 bits per heavy atom. The molecule has 4 heteroatoms. The fourth-order valence-corrected chi connectivity index (χ4v) is 2.51. The lowest BCUT2D eigenvalue weighted by Gasteiger charge is -2.13. The van der Waals surface area contributed by atoms with Crippen LogP contribution in [0.25, 0.3) is 0 Å². The largest absolute Gasteiger partial charge is 0.497 e. The highest BCUT2D eigenvalue weighted by Crippen LogP contribution is 2.24. The average molecular weight is 337 g/mol. The van der Waals surface area contributed by atoms with Crippen LogP contribution in [-0.2, 0) is 6.54 Å². The molecule has 0 aliphatic rings. The Morgan fingerprint density at radius 3 is 2.70 bits per heavy atom. The van der Waals surface area contributed by atoms with Gasteiger partial charge in [-0.1, -0.05) is 29.8 Å². The molecule has 1 atom stereocenters. The summed E-state index contributed by atoms with van der Waals surface area (Å²) in [5.41, 5.74) is 8.54. The van der Waals surface area contributed by atoms with Crippen LogP contribution in [0.15, 0.2) is 41.1 Å². The maximum Gasteiger partial charge on any atom is 0.119 e. The summed E-state index contributed by atoms with van der Waals surface area (Å²) >= 11 is 3.58. The maximum absolute atomic E-state index is 6.18. The van der Waals surface area contributed by atoms with E-state index < -0.39 is 0 Å². The summed E-state index contributed by atoms with van der Waals surface area (Å²) in [5.74, 6) is 1.31. The molecule has 1 aromatic carbocycles. The molecule has 108 valence electrons. The van der Waals surface area contributed by atoms with Gasteiger partial charge < -0.3 is 15.0 Å². The highest BCUT2D eigenvalue weighted by atomic mass is 79.9. The fourth-order valence-electron chi connectivity index (χ4n) is 2.14. The number of methoxy groups -OCH3 is 1. The van der Waals surface area contributed by atoms with Crippen molar-refractivity contribution in [1.82, 2.24) is 4.57 Å². The summed E-state index contributed by atoms with van der Waals surface area (Å²) in [7, 11) is 1.68. The summed E-state index contributed by atoms with van der Waals surface area (Å²) in [4.78, 5) is 0. The normalized spacial score (nSPS) is 12.7. The lowest BCUT2D eigenvalue weighted by Crippen LogP contribution is -2.15. The smallest absolute Gasteiger partial charge is 0.119 e. The molecule has 0 saturated carbocycles. The topological polar surface area (TPSA) is 40.2 Å². The number of halogens is 1. The summed E-state index contributed by atoms with van der Waals surface area (Å²) in [6.07, 6.45) is 4.19. The third-order valence-electron chi connectivity index (χ3n) is 3.48. The molecule has 20 heavy (non-hydrogen) atoms. The van der Waals surface area contributed by atoms with Crippen molar-refractivity contribution in [3.8, 4) is 5.75 Å². The first-order chi connectivity index (χ1) is 9.51. The number of benzene rings is 1. The van der Waals surface area contributed by atoms with Crippen LogP contribution in [0.5, 0.6) is 5.75 Å². The van der Waals surface area contributed by atoms with E-state index in [-0.39, 0.29) is 6.04 Å². The number of hydrogen-bond donors (Lipinski definition) is 1. The van der Waals surface area contributed by atoms with Gasteiger partial charge in [-0.05, 0) is 41.3 Å². The highest BCUT2D eigenvalue weighted by molar-refractivity contribution is 9.10. The predicted octanol–water partition coefficient (Wildman–Crippen LogP) is 3.96. The number of rotatable bonds is 5. The minimum atomic E-state index is 0.0880. The van der Waals surface area contributed by atoms with Crippen molar-refractivity contribution in [1.29, 1.82) is 0 Å². The Morgan fingerprint density at radius 1 is 1.30 bits per heavy atom. The van der Waals surface area contributed by atoms with Gasteiger partial charge in [-0.2, -0.15) is 0 Å². The van der Waals surface area contributed by atoms with Gasteiger partial charge in [0.05, 0.1) is 7.11 Å². The first kappa shape index (κ1) is 15.1. The first-order valence-corrected chi connectivity index (χ1v) is 7.54. The standard InChI is InChI=1S/C16H21BrN2O/c1-11(2)16(18)12-6-7-19(9-12)10-13-8-14(20-3)4-5-15(13)17/h4-9,11,16H,10,18H2,1-3H3. The van der Waals surface area contributed by atoms with E-state index in [1.807, 2.05) is 18.2 Å². The van der Waals surface area contributed by atoms with Crippen LogP contribution >= 0.6 is 15.9 Å². The number of nitrogens with zero attached hydrogens (tertiary/aromatic N) is 1. The van der Waals surface area contributed by atoms with E-state index in [1.54, 1.807) is 7.11 Å². The Bertz CT molecular complexity index is 578. The molecule has 0 saturated heterocycles. The number of hydrogen-bond acceptors (Lipinski definition) is 2. The molecule has 2 rings (SSSR count). The molecule has 2 aromatic rings. The van der Waals surface area contributed by atoms with Gasteiger partial charge in [0.1, 0.15) is 5.75 Å². The highest BCUT2D eigenvalue weighted by Gasteiger charge is 2.12. The van der Waals surface area contributed by atoms with Crippen LogP contribution in [0.2, 0.25) is 0 Å². The van der Waals surface area contributed by atoms with Crippen LogP contribution in [0.4, 0.5) is 0 Å². The van der Waals surface area contributed by atoms with Gasteiger partial charge >= 0.3 is 0 Å². The molecule has 1 heterocycles. The van der Waals surface area contributed by atoms with E-state index in [9.17, 15) is 0 Å². The van der Waals surface area contributed by atoms with Crippen LogP contribution < -0.4 is 10.5 Å². The van der Waals surface area contributed by atoms with Crippen LogP contribution in [-0.4, -0.2) is 11.7 Å². The lowest BCUT2D eigenvalue weighted by atomic mass is 10.00. The number of ether oxygens (including phenoxy) is 1. The first-order valence-electron chi connectivity index (χ1n) is 6.75. The van der Waals surface area contributed by atoms with E-state index in [0.29, 0.717) is 5.92 Å². The quantitative estimate of drug-likeness (QED) is 0.897. The molecule has 0 bridgehead atoms. The van der Waals surface area contributed by atoms with E-state index in [0.717, 1.165) is 16.8 Å². The Labute approximate surface area is 128 Å². The summed E-state index contributed by atoms with van der Waals surface area (Å²) in [6, 6.07) is 8.19. The number of nitrogens with two attached hydrogens (primary N) is 1. The van der Waals surface area contributed by atoms with E-state index >= 15 is 0 Å². The van der Waals surface area contributed by atoms with E-state index in [1.165, 1.54) is 11.1 Å². The van der Waals surface area contributed by atoms with Crippen molar-refractivity contribution in [2.75, 3.05) is 7.11 Å². The van der Waals surface area contributed by atoms with Crippen LogP contribution in [0.3, 0.4) is 0 Å². The summed E-state index contributed by atoms with van der Waals surface area (Å²) in [6.45, 7) is 5.07. The van der Waals surface area contributed by atoms with Gasteiger partial charge in [0.2, 0.25) is 0 Å². The minimum absolute atomic E-state index is 0.0880. The molecule has 0 radical (unpaired) electrons. The average Bonchev–Trinajstić information content (AvgIpc) is 2.88. The predicted molar refractivity (Wildman–Crippen MR) is 86.0 cm³/mol. The maximum atomic E-state index is 6.18. The fraction of sp³-hybridized carbons (Fsp3) is 0.375. The molecular formula is C16H21BrN2O. The zero-order valence-corrected chi connectivity index (χ0v) is 13.7. The van der Waals surface area contributed by atoms with Gasteiger partial charge in [-0.15, -0.1) is 0 Å². The molecule has 3 nitrogen and oxygen atoms in total. The van der Waals surface area contributed by atoms with Crippen molar-refractivity contribution in [3.05, 3.63) is 52.3 Å². The van der Waals surface area contributed by atoms with Gasteiger partial charge in [-0.25, -0.2) is 0 Å². The molecule has 1 unspecified atom stereocenters. The second kappa shape index (κ2) is 6.46. The second-order valence-corrected chi connectivity index (χ2v) is 6.20. The van der Waals surface area contributed by atoms with Gasteiger partial charge in [0.15, 0.2) is 0 Å². The molecule has 0 aliphatic carbocycles. The molecular weight excluding hydrogens is 316 g/mol. The SMILES string of the molecule is COc1ccc(Br)c(Cn2ccc(C(N)C(C)C)c2)c1. The Hall–Kier alpha value is -1.26. The zero-order chi connectivity index (χ0) is 14.7. The molecule has 0 aliphatic heterocycles. The molecule has 0 spiro atoms. The van der Waals surface area contributed by atoms with Crippen molar-refractivity contribution in [3.63, 3.8) is 0 Å². The van der Waals surface area contributed by atoms with Crippen LogP contribution in [0.1, 0.15) is 31.0 Å². The van der Waals surface area contributed by atoms with Crippen molar-refractivity contribution in [2.24, 2.45) is 11.7 Å². The van der Waals surface area contributed by atoms with Crippen molar-refractivity contribution < 1.29 is 4.74 Å². The molecule has 2 N–H and O–H groups in total. The van der Waals surface area contributed by atoms with Gasteiger partial charge in [0.25, 0.3) is 0 Å². The summed E-state index contributed by atoms with van der Waals surface area (Å²) < 4.78 is 8.51. The number of aromatic nitrogens is 1. The third-order valence-corrected chi connectivity index (χ3v) is 4.26. The molecule has 0 fully saturated rings. The molecule has 0 amide bonds. The third kappa shape index (κ3) is 3.44. The summed E-state index contributed by atoms with van der Waals surface area (Å²) in [5, 5.41) is 0. The molecule has 1 aromatic heterocycles. The van der Waals surface area contributed by atoms with E-state index in [2.05, 4.69) is 52.8 Å². The van der Waals surface area contributed by atoms with Gasteiger partial charge in [0, 0.05) is 29.5 Å². The Balaban J connectivity index is 2.18.